The molecule has 0 aromatic rings. The quantitative estimate of drug-likeness (QED) is 0.299. The van der Waals surface area contributed by atoms with E-state index in [-0.39, 0.29) is 13.2 Å². The van der Waals surface area contributed by atoms with Crippen LogP contribution in [0, 0.1) is 0 Å². The highest BCUT2D eigenvalue weighted by Gasteiger charge is 1.99. The van der Waals surface area contributed by atoms with E-state index in [9.17, 15) is 9.59 Å². The first kappa shape index (κ1) is 25.9. The highest BCUT2D eigenvalue weighted by molar-refractivity contribution is 6.31. The number of carboxylic acids is 2. The van der Waals surface area contributed by atoms with E-state index in [4.69, 9.17) is 35.1 Å². The van der Waals surface area contributed by atoms with Crippen LogP contribution in [0.25, 0.3) is 0 Å². The standard InChI is InChI=1S/C3H8O3.C3H4O3.C2H4O2.C2H4O/c4-1-3(6)2-5;1-2(4)3(5)6;1-2(3)4;1-2-3/h3-6H,1-2H2;1H3,(H,5,6);1H3,(H,3,4);2H,1H3. The molecule has 0 bridgehead atoms. The lowest BCUT2D eigenvalue weighted by atomic mass is 10.4. The molecule has 0 atom stereocenters. The van der Waals surface area contributed by atoms with Crippen molar-refractivity contribution in [2.45, 2.75) is 26.9 Å². The molecule has 0 aromatic carbocycles. The molecule has 0 saturated heterocycles. The van der Waals surface area contributed by atoms with Gasteiger partial charge in [-0.1, -0.05) is 0 Å². The van der Waals surface area contributed by atoms with Crippen molar-refractivity contribution in [1.82, 2.24) is 0 Å². The molecular weight excluding hydrogens is 264 g/mol. The van der Waals surface area contributed by atoms with Gasteiger partial charge in [0.15, 0.2) is 0 Å². The third-order valence-electron chi connectivity index (χ3n) is 0.723. The van der Waals surface area contributed by atoms with Crippen molar-refractivity contribution in [3.05, 3.63) is 0 Å². The van der Waals surface area contributed by atoms with Crippen LogP contribution in [0.15, 0.2) is 0 Å². The fourth-order valence-electron chi connectivity index (χ4n) is 0.0577. The molecule has 0 unspecified atom stereocenters. The van der Waals surface area contributed by atoms with Gasteiger partial charge in [-0.25, -0.2) is 4.79 Å². The second kappa shape index (κ2) is 21.4. The Morgan fingerprint density at radius 3 is 1.21 bits per heavy atom. The van der Waals surface area contributed by atoms with Crippen LogP contribution in [-0.4, -0.2) is 68.9 Å². The van der Waals surface area contributed by atoms with E-state index in [2.05, 4.69) is 0 Å². The molecule has 0 fully saturated rings. The first-order valence-corrected chi connectivity index (χ1v) is 4.83. The Bertz CT molecular complexity index is 229. The van der Waals surface area contributed by atoms with Crippen LogP contribution in [0.5, 0.6) is 0 Å². The topological polar surface area (TPSA) is 169 Å². The van der Waals surface area contributed by atoms with Crippen molar-refractivity contribution in [3.8, 4) is 0 Å². The van der Waals surface area contributed by atoms with Gasteiger partial charge in [0.2, 0.25) is 5.78 Å². The van der Waals surface area contributed by atoms with E-state index in [1.165, 1.54) is 6.92 Å². The zero-order valence-corrected chi connectivity index (χ0v) is 10.9. The SMILES string of the molecule is CC(=O)C(=O)O.CC(=O)O.CC=O.OCC(O)CO. The summed E-state index contributed by atoms with van der Waals surface area (Å²) in [6.07, 6.45) is -0.204. The van der Waals surface area contributed by atoms with Gasteiger partial charge in [-0.05, 0) is 6.92 Å². The summed E-state index contributed by atoms with van der Waals surface area (Å²) < 4.78 is 0. The molecule has 0 aliphatic carbocycles. The molecule has 0 heterocycles. The second-order valence-electron chi connectivity index (χ2n) is 2.64. The number of aldehydes is 1. The van der Waals surface area contributed by atoms with Crippen LogP contribution in [0.1, 0.15) is 20.8 Å². The number of Topliss-reactive ketones (excluding diaryl/α,β-unsaturated/α-hetero) is 1. The van der Waals surface area contributed by atoms with E-state index in [0.717, 1.165) is 20.1 Å². The van der Waals surface area contributed by atoms with Crippen molar-refractivity contribution in [2.75, 3.05) is 13.2 Å². The highest BCUT2D eigenvalue weighted by Crippen LogP contribution is 1.71. The number of hydrogen-bond acceptors (Lipinski definition) is 7. The number of rotatable bonds is 3. The molecule has 0 aliphatic heterocycles. The number of aliphatic carboxylic acids is 2. The average molecular weight is 284 g/mol. The fourth-order valence-corrected chi connectivity index (χ4v) is 0.0577. The molecule has 0 amide bonds. The lowest BCUT2D eigenvalue weighted by Crippen LogP contribution is -2.15. The van der Waals surface area contributed by atoms with Crippen LogP contribution < -0.4 is 0 Å². The van der Waals surface area contributed by atoms with Crippen LogP contribution in [-0.2, 0) is 19.2 Å². The Hall–Kier alpha value is -1.84. The number of aliphatic hydroxyl groups is 3. The van der Waals surface area contributed by atoms with Gasteiger partial charge in [-0.15, -0.1) is 0 Å². The molecule has 0 rings (SSSR count). The minimum Gasteiger partial charge on any atom is -0.481 e. The van der Waals surface area contributed by atoms with Crippen LogP contribution in [0.3, 0.4) is 0 Å². The Morgan fingerprint density at radius 1 is 1.05 bits per heavy atom. The van der Waals surface area contributed by atoms with Crippen molar-refractivity contribution in [1.29, 1.82) is 0 Å². The van der Waals surface area contributed by atoms with Crippen molar-refractivity contribution >= 4 is 24.0 Å². The largest absolute Gasteiger partial charge is 0.481 e. The Morgan fingerprint density at radius 2 is 1.21 bits per heavy atom. The Labute approximate surface area is 110 Å². The summed E-state index contributed by atoms with van der Waals surface area (Å²) in [6, 6.07) is 0. The molecule has 5 N–H and O–H groups in total. The van der Waals surface area contributed by atoms with Crippen LogP contribution >= 0.6 is 0 Å². The molecule has 9 heteroatoms. The third-order valence-corrected chi connectivity index (χ3v) is 0.723. The Kier molecular flexibility index (Phi) is 29.2. The summed E-state index contributed by atoms with van der Waals surface area (Å²) in [4.78, 5) is 36.7. The zero-order chi connectivity index (χ0) is 16.4. The third kappa shape index (κ3) is 85.4. The molecule has 9 nitrogen and oxygen atoms in total. The summed E-state index contributed by atoms with van der Waals surface area (Å²) >= 11 is 0. The number of carbonyl (C=O) groups excluding carboxylic acids is 2. The molecule has 0 spiro atoms. The number of carbonyl (C=O) groups is 4. The summed E-state index contributed by atoms with van der Waals surface area (Å²) in [5.41, 5.74) is 0. The number of carboxylic acid groups (broad SMARTS) is 2. The summed E-state index contributed by atoms with van der Waals surface area (Å²) in [6.45, 7) is 2.80. The zero-order valence-electron chi connectivity index (χ0n) is 10.9. The predicted octanol–water partition coefficient (Wildman–Crippen LogP) is -1.71. The van der Waals surface area contributed by atoms with Gasteiger partial charge in [0.1, 0.15) is 12.4 Å². The lowest BCUT2D eigenvalue weighted by Gasteiger charge is -1.96. The number of ketones is 1. The smallest absolute Gasteiger partial charge is 0.371 e. The van der Waals surface area contributed by atoms with E-state index in [1.54, 1.807) is 0 Å². The van der Waals surface area contributed by atoms with Crippen molar-refractivity contribution < 1.29 is 44.7 Å². The molecule has 0 saturated carbocycles. The van der Waals surface area contributed by atoms with Crippen molar-refractivity contribution in [2.24, 2.45) is 0 Å². The first-order valence-electron chi connectivity index (χ1n) is 4.83. The monoisotopic (exact) mass is 284 g/mol. The number of aliphatic hydroxyl groups excluding tert-OH is 3. The minimum absolute atomic E-state index is 0.365. The predicted molar refractivity (Wildman–Crippen MR) is 63.5 cm³/mol. The highest BCUT2D eigenvalue weighted by atomic mass is 16.4. The Balaban J connectivity index is -0.0000000821. The van der Waals surface area contributed by atoms with Gasteiger partial charge in [-0.3, -0.25) is 9.59 Å². The molecular formula is C10H20O9. The second-order valence-corrected chi connectivity index (χ2v) is 2.64. The van der Waals surface area contributed by atoms with Gasteiger partial charge in [0, 0.05) is 13.8 Å². The maximum Gasteiger partial charge on any atom is 0.371 e. The van der Waals surface area contributed by atoms with E-state index in [0.29, 0.717) is 0 Å². The lowest BCUT2D eigenvalue weighted by molar-refractivity contribution is -0.148. The van der Waals surface area contributed by atoms with Gasteiger partial charge in [-0.2, -0.15) is 0 Å². The molecule has 19 heavy (non-hydrogen) atoms. The molecule has 114 valence electrons. The molecule has 0 radical (unpaired) electrons. The summed E-state index contributed by atoms with van der Waals surface area (Å²) in [5, 5.41) is 39.1. The van der Waals surface area contributed by atoms with Crippen LogP contribution in [0.4, 0.5) is 0 Å². The van der Waals surface area contributed by atoms with Gasteiger partial charge in [0.25, 0.3) is 5.97 Å². The van der Waals surface area contributed by atoms with Gasteiger partial charge < -0.3 is 30.3 Å². The fraction of sp³-hybridized carbons (Fsp3) is 0.600. The van der Waals surface area contributed by atoms with Crippen LogP contribution in [0.2, 0.25) is 0 Å². The minimum atomic E-state index is -1.38. The van der Waals surface area contributed by atoms with E-state index in [1.807, 2.05) is 0 Å². The molecule has 0 aromatic heterocycles. The average Bonchev–Trinajstić information content (AvgIpc) is 2.29. The summed E-state index contributed by atoms with van der Waals surface area (Å²) in [5.74, 6) is -3.04. The number of hydrogen-bond donors (Lipinski definition) is 5. The molecule has 0 aliphatic rings. The van der Waals surface area contributed by atoms with Gasteiger partial charge >= 0.3 is 5.97 Å². The maximum atomic E-state index is 9.54. The van der Waals surface area contributed by atoms with E-state index < -0.39 is 23.8 Å². The van der Waals surface area contributed by atoms with Gasteiger partial charge in [0.05, 0.1) is 13.2 Å². The first-order chi connectivity index (χ1) is 8.60. The van der Waals surface area contributed by atoms with Crippen molar-refractivity contribution in [3.63, 3.8) is 0 Å². The normalized spacial score (nSPS) is 7.53. The maximum absolute atomic E-state index is 9.54. The van der Waals surface area contributed by atoms with E-state index >= 15 is 0 Å². The summed E-state index contributed by atoms with van der Waals surface area (Å²) in [7, 11) is 0.